The second kappa shape index (κ2) is 5.58. The first-order valence-corrected chi connectivity index (χ1v) is 7.39. The van der Waals surface area contributed by atoms with Crippen LogP contribution in [-0.2, 0) is 13.0 Å². The van der Waals surface area contributed by atoms with Crippen LogP contribution in [-0.4, -0.2) is 4.57 Å². The number of hydrogen-bond donors (Lipinski definition) is 1. The van der Waals surface area contributed by atoms with E-state index in [0.29, 0.717) is 17.1 Å². The molecule has 1 unspecified atom stereocenters. The van der Waals surface area contributed by atoms with Crippen molar-refractivity contribution in [1.29, 1.82) is 0 Å². The van der Waals surface area contributed by atoms with Gasteiger partial charge in [-0.05, 0) is 42.5 Å². The summed E-state index contributed by atoms with van der Waals surface area (Å²) in [6.45, 7) is 0.517. The number of aryl methyl sites for hydroxylation is 1. The van der Waals surface area contributed by atoms with Gasteiger partial charge in [0.2, 0.25) is 0 Å². The van der Waals surface area contributed by atoms with Gasteiger partial charge in [0, 0.05) is 35.6 Å². The van der Waals surface area contributed by atoms with Gasteiger partial charge in [-0.2, -0.15) is 0 Å². The molecule has 1 heterocycles. The lowest BCUT2D eigenvalue weighted by molar-refractivity contribution is 0.594. The summed E-state index contributed by atoms with van der Waals surface area (Å²) in [4.78, 5) is 0. The average molecular weight is 293 g/mol. The molecule has 0 amide bonds. The predicted octanol–water partition coefficient (Wildman–Crippen LogP) is 4.06. The Bertz CT molecular complexity index is 621. The summed E-state index contributed by atoms with van der Waals surface area (Å²) in [5.41, 5.74) is 9.37. The fourth-order valence-electron chi connectivity index (χ4n) is 2.89. The van der Waals surface area contributed by atoms with E-state index in [1.165, 1.54) is 30.0 Å². The third-order valence-electron chi connectivity index (χ3n) is 3.98. The Hall–Kier alpha value is -1.32. The van der Waals surface area contributed by atoms with Gasteiger partial charge in [0.25, 0.3) is 0 Å². The second-order valence-corrected chi connectivity index (χ2v) is 5.94. The monoisotopic (exact) mass is 292 g/mol. The maximum atomic E-state index is 13.8. The third-order valence-corrected chi connectivity index (χ3v) is 4.21. The average Bonchev–Trinajstić information content (AvgIpc) is 2.73. The molecule has 3 rings (SSSR count). The van der Waals surface area contributed by atoms with E-state index in [2.05, 4.69) is 12.4 Å². The van der Waals surface area contributed by atoms with Gasteiger partial charge in [0.05, 0.1) is 0 Å². The Morgan fingerprint density at radius 3 is 2.95 bits per heavy atom. The Morgan fingerprint density at radius 2 is 2.15 bits per heavy atom. The normalized spacial score (nSPS) is 18.6. The van der Waals surface area contributed by atoms with Crippen molar-refractivity contribution in [2.24, 2.45) is 5.73 Å². The number of hydrogen-bond acceptors (Lipinski definition) is 1. The van der Waals surface area contributed by atoms with Crippen molar-refractivity contribution in [1.82, 2.24) is 4.57 Å². The van der Waals surface area contributed by atoms with Crippen LogP contribution in [0.5, 0.6) is 0 Å². The summed E-state index contributed by atoms with van der Waals surface area (Å²) in [6, 6.07) is 4.93. The molecule has 4 heteroatoms. The number of nitrogens with two attached hydrogens (primary N) is 1. The molecule has 1 aromatic heterocycles. The number of aromatic nitrogens is 1. The lowest BCUT2D eigenvalue weighted by Crippen LogP contribution is -2.09. The number of nitrogens with zero attached hydrogens (tertiary/aromatic N) is 1. The molecule has 0 bridgehead atoms. The summed E-state index contributed by atoms with van der Waals surface area (Å²) in [6.07, 6.45) is 8.64. The maximum absolute atomic E-state index is 13.8. The van der Waals surface area contributed by atoms with Crippen LogP contribution in [0.3, 0.4) is 0 Å². The van der Waals surface area contributed by atoms with Gasteiger partial charge in [-0.25, -0.2) is 4.39 Å². The number of halogens is 2. The molecule has 1 aliphatic carbocycles. The quantitative estimate of drug-likeness (QED) is 0.832. The molecule has 106 valence electrons. The molecule has 0 saturated carbocycles. The van der Waals surface area contributed by atoms with Crippen molar-refractivity contribution in [3.63, 3.8) is 0 Å². The van der Waals surface area contributed by atoms with Gasteiger partial charge in [-0.15, -0.1) is 0 Å². The van der Waals surface area contributed by atoms with Crippen LogP contribution in [0.25, 0.3) is 0 Å². The summed E-state index contributed by atoms with van der Waals surface area (Å²) < 4.78 is 15.9. The van der Waals surface area contributed by atoms with Gasteiger partial charge in [0.1, 0.15) is 5.82 Å². The first-order valence-electron chi connectivity index (χ1n) is 7.01. The molecule has 2 N–H and O–H groups in total. The van der Waals surface area contributed by atoms with Crippen molar-refractivity contribution < 1.29 is 4.39 Å². The first kappa shape index (κ1) is 13.7. The Morgan fingerprint density at radius 1 is 1.30 bits per heavy atom. The SMILES string of the molecule is NC1CCCCc2cn(Cc3ccc(Cl)cc3F)cc21. The van der Waals surface area contributed by atoms with E-state index in [1.54, 1.807) is 12.1 Å². The maximum Gasteiger partial charge on any atom is 0.129 e. The van der Waals surface area contributed by atoms with Crippen LogP contribution in [0.4, 0.5) is 4.39 Å². The van der Waals surface area contributed by atoms with E-state index < -0.39 is 0 Å². The van der Waals surface area contributed by atoms with Crippen molar-refractivity contribution >= 4 is 11.6 Å². The Kier molecular flexibility index (Phi) is 3.81. The van der Waals surface area contributed by atoms with E-state index in [1.807, 2.05) is 4.57 Å². The Balaban J connectivity index is 1.87. The number of rotatable bonds is 2. The topological polar surface area (TPSA) is 30.9 Å². The minimum absolute atomic E-state index is 0.115. The highest BCUT2D eigenvalue weighted by molar-refractivity contribution is 6.30. The zero-order valence-corrected chi connectivity index (χ0v) is 12.0. The van der Waals surface area contributed by atoms with E-state index in [4.69, 9.17) is 17.3 Å². The highest BCUT2D eigenvalue weighted by Crippen LogP contribution is 2.28. The van der Waals surface area contributed by atoms with Crippen molar-refractivity contribution in [3.05, 3.63) is 58.1 Å². The lowest BCUT2D eigenvalue weighted by atomic mass is 10.1. The molecular formula is C16H18ClFN2. The highest BCUT2D eigenvalue weighted by atomic mass is 35.5. The highest BCUT2D eigenvalue weighted by Gasteiger charge is 2.17. The molecule has 1 atom stereocenters. The number of fused-ring (bicyclic) bond motifs is 1. The van der Waals surface area contributed by atoms with E-state index in [9.17, 15) is 4.39 Å². The molecule has 0 fully saturated rings. The fourth-order valence-corrected chi connectivity index (χ4v) is 3.05. The van der Waals surface area contributed by atoms with Gasteiger partial charge >= 0.3 is 0 Å². The Labute approximate surface area is 123 Å². The molecule has 0 spiro atoms. The van der Waals surface area contributed by atoms with Gasteiger partial charge < -0.3 is 10.3 Å². The largest absolute Gasteiger partial charge is 0.349 e. The van der Waals surface area contributed by atoms with Crippen molar-refractivity contribution in [2.75, 3.05) is 0 Å². The second-order valence-electron chi connectivity index (χ2n) is 5.50. The van der Waals surface area contributed by atoms with Crippen LogP contribution >= 0.6 is 11.6 Å². The van der Waals surface area contributed by atoms with E-state index >= 15 is 0 Å². The van der Waals surface area contributed by atoms with Gasteiger partial charge in [0.15, 0.2) is 0 Å². The van der Waals surface area contributed by atoms with Crippen molar-refractivity contribution in [2.45, 2.75) is 38.3 Å². The minimum atomic E-state index is -0.259. The zero-order chi connectivity index (χ0) is 14.1. The fraction of sp³-hybridized carbons (Fsp3) is 0.375. The standard InChI is InChI=1S/C16H18ClFN2/c17-13-6-5-12(15(18)7-13)9-20-8-11-3-1-2-4-16(19)14(11)10-20/h5-8,10,16H,1-4,9,19H2. The first-order chi connectivity index (χ1) is 9.63. The minimum Gasteiger partial charge on any atom is -0.349 e. The molecule has 1 aromatic carbocycles. The lowest BCUT2D eigenvalue weighted by Gasteiger charge is -2.08. The van der Waals surface area contributed by atoms with Crippen LogP contribution in [0, 0.1) is 5.82 Å². The molecule has 2 nitrogen and oxygen atoms in total. The third kappa shape index (κ3) is 2.74. The van der Waals surface area contributed by atoms with Crippen LogP contribution in [0.2, 0.25) is 5.02 Å². The van der Waals surface area contributed by atoms with Crippen LogP contribution in [0.1, 0.15) is 42.0 Å². The predicted molar refractivity (Wildman–Crippen MR) is 79.4 cm³/mol. The van der Waals surface area contributed by atoms with Gasteiger partial charge in [-0.3, -0.25) is 0 Å². The molecule has 2 aromatic rings. The van der Waals surface area contributed by atoms with Crippen molar-refractivity contribution in [3.8, 4) is 0 Å². The summed E-state index contributed by atoms with van der Waals surface area (Å²) in [5.74, 6) is -0.259. The smallest absolute Gasteiger partial charge is 0.129 e. The summed E-state index contributed by atoms with van der Waals surface area (Å²) in [5, 5.41) is 0.427. The molecule has 0 aliphatic heterocycles. The number of benzene rings is 1. The van der Waals surface area contributed by atoms with E-state index in [-0.39, 0.29) is 11.9 Å². The van der Waals surface area contributed by atoms with Gasteiger partial charge in [-0.1, -0.05) is 24.1 Å². The molecule has 0 saturated heterocycles. The van der Waals surface area contributed by atoms with Crippen LogP contribution in [0.15, 0.2) is 30.6 Å². The zero-order valence-electron chi connectivity index (χ0n) is 11.3. The molecular weight excluding hydrogens is 275 g/mol. The van der Waals surface area contributed by atoms with Crippen LogP contribution < -0.4 is 5.73 Å². The molecule has 20 heavy (non-hydrogen) atoms. The molecule has 1 aliphatic rings. The van der Waals surface area contributed by atoms with E-state index in [0.717, 1.165) is 12.8 Å². The summed E-state index contributed by atoms with van der Waals surface area (Å²) in [7, 11) is 0. The summed E-state index contributed by atoms with van der Waals surface area (Å²) >= 11 is 5.78. The molecule has 0 radical (unpaired) electrons.